The number of pyridine rings is 1. The van der Waals surface area contributed by atoms with Crippen LogP contribution in [-0.4, -0.2) is 29.4 Å². The summed E-state index contributed by atoms with van der Waals surface area (Å²) in [6.07, 6.45) is 8.37. The summed E-state index contributed by atoms with van der Waals surface area (Å²) in [4.78, 5) is 15.4. The molecule has 0 aromatic carbocycles. The van der Waals surface area contributed by atoms with E-state index in [-0.39, 0.29) is 0 Å². The first kappa shape index (κ1) is 15.6. The molecule has 0 radical (unpaired) electrons. The van der Waals surface area contributed by atoms with E-state index in [1.54, 1.807) is 6.07 Å². The number of carbonyl (C=O) groups excluding carboxylic acids is 1. The van der Waals surface area contributed by atoms with E-state index in [1.165, 1.54) is 31.2 Å². The Morgan fingerprint density at radius 3 is 2.79 bits per heavy atom. The number of thioether (sulfide) groups is 1. The van der Waals surface area contributed by atoms with Gasteiger partial charge >= 0.3 is 0 Å². The number of amides is 1. The fourth-order valence-electron chi connectivity index (χ4n) is 1.74. The number of anilines is 2. The Labute approximate surface area is 118 Å². The van der Waals surface area contributed by atoms with Gasteiger partial charge in [-0.2, -0.15) is 11.8 Å². The molecular weight excluding hydrogens is 260 g/mol. The number of nitrogens with zero attached hydrogens (tertiary/aromatic N) is 1. The lowest BCUT2D eigenvalue weighted by molar-refractivity contribution is 0.100. The van der Waals surface area contributed by atoms with Crippen LogP contribution in [0, 0.1) is 0 Å². The lowest BCUT2D eigenvalue weighted by Crippen LogP contribution is -2.16. The molecule has 0 saturated carbocycles. The third kappa shape index (κ3) is 5.83. The highest BCUT2D eigenvalue weighted by Gasteiger charge is 2.09. The Hall–Kier alpha value is -1.43. The molecule has 5 nitrogen and oxygen atoms in total. The fraction of sp³-hybridized carbons (Fsp3) is 0.538. The topological polar surface area (TPSA) is 94.0 Å². The van der Waals surface area contributed by atoms with Crippen LogP contribution in [0.2, 0.25) is 0 Å². The number of primary amides is 1. The lowest BCUT2D eigenvalue weighted by Gasteiger charge is -2.09. The van der Waals surface area contributed by atoms with Crippen LogP contribution in [-0.2, 0) is 0 Å². The molecule has 106 valence electrons. The minimum Gasteiger partial charge on any atom is -0.397 e. The highest BCUT2D eigenvalue weighted by atomic mass is 32.2. The summed E-state index contributed by atoms with van der Waals surface area (Å²) < 4.78 is 0. The molecule has 19 heavy (non-hydrogen) atoms. The SMILES string of the molecule is CSCCCCCCNc1ncc(N)cc1C(N)=O. The first-order valence-electron chi connectivity index (χ1n) is 6.43. The minimum atomic E-state index is -0.512. The van der Waals surface area contributed by atoms with Crippen molar-refractivity contribution in [2.45, 2.75) is 25.7 Å². The Bertz CT molecular complexity index is 412. The van der Waals surface area contributed by atoms with Crippen molar-refractivity contribution in [1.82, 2.24) is 4.98 Å². The molecule has 1 amide bonds. The van der Waals surface area contributed by atoms with Crippen molar-refractivity contribution >= 4 is 29.2 Å². The molecule has 0 bridgehead atoms. The molecule has 1 heterocycles. The molecule has 0 aliphatic rings. The number of aromatic nitrogens is 1. The van der Waals surface area contributed by atoms with E-state index in [4.69, 9.17) is 11.5 Å². The van der Waals surface area contributed by atoms with Crippen LogP contribution in [0.15, 0.2) is 12.3 Å². The maximum atomic E-state index is 11.3. The predicted octanol–water partition coefficient (Wildman–Crippen LogP) is 2.10. The number of nitrogen functional groups attached to an aromatic ring is 1. The smallest absolute Gasteiger partial charge is 0.252 e. The van der Waals surface area contributed by atoms with Crippen molar-refractivity contribution in [3.05, 3.63) is 17.8 Å². The molecule has 6 heteroatoms. The van der Waals surface area contributed by atoms with Gasteiger partial charge in [-0.15, -0.1) is 0 Å². The van der Waals surface area contributed by atoms with Crippen molar-refractivity contribution in [3.8, 4) is 0 Å². The lowest BCUT2D eigenvalue weighted by atomic mass is 10.2. The molecule has 1 aromatic heterocycles. The summed E-state index contributed by atoms with van der Waals surface area (Å²) in [5, 5.41) is 3.14. The molecule has 0 saturated heterocycles. The molecule has 0 aliphatic carbocycles. The number of hydrogen-bond acceptors (Lipinski definition) is 5. The Kier molecular flexibility index (Phi) is 7.10. The predicted molar refractivity (Wildman–Crippen MR) is 82.5 cm³/mol. The van der Waals surface area contributed by atoms with E-state index >= 15 is 0 Å². The van der Waals surface area contributed by atoms with Gasteiger partial charge in [-0.05, 0) is 30.9 Å². The Balaban J connectivity index is 2.35. The highest BCUT2D eigenvalue weighted by molar-refractivity contribution is 7.98. The van der Waals surface area contributed by atoms with Gasteiger partial charge in [0, 0.05) is 6.54 Å². The summed E-state index contributed by atoms with van der Waals surface area (Å²) in [7, 11) is 0. The van der Waals surface area contributed by atoms with Crippen molar-refractivity contribution < 1.29 is 4.79 Å². The molecule has 0 unspecified atom stereocenters. The fourth-order valence-corrected chi connectivity index (χ4v) is 2.23. The van der Waals surface area contributed by atoms with E-state index < -0.39 is 5.91 Å². The molecular formula is C13H22N4OS. The maximum absolute atomic E-state index is 11.3. The first-order valence-corrected chi connectivity index (χ1v) is 7.82. The molecule has 1 aromatic rings. The van der Waals surface area contributed by atoms with E-state index in [0.717, 1.165) is 13.0 Å². The van der Waals surface area contributed by atoms with Crippen molar-refractivity contribution in [1.29, 1.82) is 0 Å². The Morgan fingerprint density at radius 1 is 1.37 bits per heavy atom. The average Bonchev–Trinajstić information content (AvgIpc) is 2.39. The third-order valence-corrected chi connectivity index (χ3v) is 3.44. The average molecular weight is 282 g/mol. The monoisotopic (exact) mass is 282 g/mol. The van der Waals surface area contributed by atoms with Gasteiger partial charge in [0.15, 0.2) is 0 Å². The summed E-state index contributed by atoms with van der Waals surface area (Å²) in [5.74, 6) is 1.23. The van der Waals surface area contributed by atoms with Gasteiger partial charge in [0.2, 0.25) is 0 Å². The van der Waals surface area contributed by atoms with Crippen LogP contribution < -0.4 is 16.8 Å². The Morgan fingerprint density at radius 2 is 2.11 bits per heavy atom. The van der Waals surface area contributed by atoms with Crippen LogP contribution in [0.25, 0.3) is 0 Å². The van der Waals surface area contributed by atoms with Gasteiger partial charge in [0.05, 0.1) is 17.4 Å². The minimum absolute atomic E-state index is 0.349. The first-order chi connectivity index (χ1) is 9.15. The molecule has 0 spiro atoms. The number of nitrogens with one attached hydrogen (secondary N) is 1. The third-order valence-electron chi connectivity index (χ3n) is 2.74. The second-order valence-electron chi connectivity index (χ2n) is 4.36. The quantitative estimate of drug-likeness (QED) is 0.603. The summed E-state index contributed by atoms with van der Waals surface area (Å²) in [5.41, 5.74) is 11.7. The maximum Gasteiger partial charge on any atom is 0.252 e. The van der Waals surface area contributed by atoms with E-state index in [9.17, 15) is 4.79 Å². The molecule has 0 atom stereocenters. The van der Waals surface area contributed by atoms with Crippen molar-refractivity contribution in [3.63, 3.8) is 0 Å². The van der Waals surface area contributed by atoms with Gasteiger partial charge in [0.1, 0.15) is 5.82 Å². The van der Waals surface area contributed by atoms with Gasteiger partial charge < -0.3 is 16.8 Å². The second kappa shape index (κ2) is 8.63. The van der Waals surface area contributed by atoms with E-state index in [0.29, 0.717) is 17.1 Å². The van der Waals surface area contributed by atoms with Crippen LogP contribution in [0.1, 0.15) is 36.0 Å². The van der Waals surface area contributed by atoms with Gasteiger partial charge in [0.25, 0.3) is 5.91 Å². The molecule has 1 rings (SSSR count). The van der Waals surface area contributed by atoms with Crippen LogP contribution in [0.4, 0.5) is 11.5 Å². The zero-order valence-electron chi connectivity index (χ0n) is 11.3. The van der Waals surface area contributed by atoms with Crippen LogP contribution in [0.5, 0.6) is 0 Å². The van der Waals surface area contributed by atoms with E-state index in [1.807, 2.05) is 11.8 Å². The van der Waals surface area contributed by atoms with E-state index in [2.05, 4.69) is 16.6 Å². The zero-order valence-corrected chi connectivity index (χ0v) is 12.1. The van der Waals surface area contributed by atoms with Gasteiger partial charge in [-0.1, -0.05) is 12.8 Å². The molecule has 5 N–H and O–H groups in total. The normalized spacial score (nSPS) is 10.4. The molecule has 0 fully saturated rings. The van der Waals surface area contributed by atoms with Gasteiger partial charge in [-0.25, -0.2) is 4.98 Å². The number of hydrogen-bond donors (Lipinski definition) is 3. The number of unbranched alkanes of at least 4 members (excludes halogenated alkanes) is 3. The summed E-state index contributed by atoms with van der Waals surface area (Å²) in [6, 6.07) is 1.55. The standard InChI is InChI=1S/C13H22N4OS/c1-19-7-5-3-2-4-6-16-13-11(12(15)18)8-10(14)9-17-13/h8-9H,2-7,14H2,1H3,(H2,15,18)(H,16,17). The largest absolute Gasteiger partial charge is 0.397 e. The highest BCUT2D eigenvalue weighted by Crippen LogP contribution is 2.15. The molecule has 0 aliphatic heterocycles. The van der Waals surface area contributed by atoms with Gasteiger partial charge in [-0.3, -0.25) is 4.79 Å². The number of rotatable bonds is 9. The number of nitrogens with two attached hydrogens (primary N) is 2. The summed E-state index contributed by atoms with van der Waals surface area (Å²) >= 11 is 1.88. The second-order valence-corrected chi connectivity index (χ2v) is 5.35. The van der Waals surface area contributed by atoms with Crippen molar-refractivity contribution in [2.75, 3.05) is 29.6 Å². The van der Waals surface area contributed by atoms with Crippen molar-refractivity contribution in [2.24, 2.45) is 5.73 Å². The number of carbonyl (C=O) groups is 1. The van der Waals surface area contributed by atoms with Crippen LogP contribution >= 0.6 is 11.8 Å². The van der Waals surface area contributed by atoms with Crippen LogP contribution in [0.3, 0.4) is 0 Å². The zero-order chi connectivity index (χ0) is 14.1. The summed E-state index contributed by atoms with van der Waals surface area (Å²) in [6.45, 7) is 0.788.